The Morgan fingerprint density at radius 2 is 1.85 bits per heavy atom. The van der Waals surface area contributed by atoms with Gasteiger partial charge in [0, 0.05) is 13.1 Å². The molecule has 20 heavy (non-hydrogen) atoms. The van der Waals surface area contributed by atoms with E-state index in [1.165, 1.54) is 0 Å². The summed E-state index contributed by atoms with van der Waals surface area (Å²) >= 11 is 0. The van der Waals surface area contributed by atoms with Crippen molar-refractivity contribution in [1.82, 2.24) is 4.90 Å². The zero-order valence-electron chi connectivity index (χ0n) is 11.1. The number of hydrogen-bond acceptors (Lipinski definition) is 3. The Hall–Kier alpha value is -2.04. The third-order valence-electron chi connectivity index (χ3n) is 4.28. The molecule has 0 radical (unpaired) electrons. The van der Waals surface area contributed by atoms with E-state index in [-0.39, 0.29) is 30.5 Å². The van der Waals surface area contributed by atoms with Crippen LogP contribution in [0.1, 0.15) is 12.0 Å². The van der Waals surface area contributed by atoms with Gasteiger partial charge in [-0.25, -0.2) is 4.79 Å². The Kier molecular flexibility index (Phi) is 3.34. The van der Waals surface area contributed by atoms with Crippen molar-refractivity contribution < 1.29 is 19.4 Å². The molecule has 5 heteroatoms. The van der Waals surface area contributed by atoms with Gasteiger partial charge in [-0.3, -0.25) is 4.79 Å². The number of ether oxygens (including phenoxy) is 1. The van der Waals surface area contributed by atoms with Gasteiger partial charge in [-0.2, -0.15) is 0 Å². The van der Waals surface area contributed by atoms with Crippen LogP contribution in [-0.2, 0) is 16.1 Å². The molecule has 2 aliphatic heterocycles. The molecule has 2 saturated heterocycles. The van der Waals surface area contributed by atoms with Crippen LogP contribution in [0.4, 0.5) is 4.79 Å². The van der Waals surface area contributed by atoms with Gasteiger partial charge in [0.25, 0.3) is 0 Å². The van der Waals surface area contributed by atoms with Gasteiger partial charge in [0.2, 0.25) is 0 Å². The second kappa shape index (κ2) is 5.15. The topological polar surface area (TPSA) is 66.8 Å². The number of carbonyl (C=O) groups excluding carboxylic acids is 1. The van der Waals surface area contributed by atoms with Crippen LogP contribution in [0.5, 0.6) is 0 Å². The number of carbonyl (C=O) groups is 2. The summed E-state index contributed by atoms with van der Waals surface area (Å²) < 4.78 is 5.27. The van der Waals surface area contributed by atoms with Crippen molar-refractivity contribution in [2.24, 2.45) is 17.8 Å². The molecule has 2 bridgehead atoms. The molecule has 0 spiro atoms. The lowest BCUT2D eigenvalue weighted by Crippen LogP contribution is -2.58. The molecule has 1 saturated carbocycles. The number of fused-ring (bicyclic) bond motifs is 2. The number of amides is 1. The molecule has 3 fully saturated rings. The van der Waals surface area contributed by atoms with E-state index in [4.69, 9.17) is 9.84 Å². The summed E-state index contributed by atoms with van der Waals surface area (Å²) in [6.07, 6.45) is 0.576. The summed E-state index contributed by atoms with van der Waals surface area (Å²) in [6, 6.07) is 9.52. The molecular formula is C15H17NO4. The molecule has 2 atom stereocenters. The molecule has 5 nitrogen and oxygen atoms in total. The number of aliphatic carboxylic acids is 1. The van der Waals surface area contributed by atoms with E-state index in [2.05, 4.69) is 0 Å². The SMILES string of the molecule is O=C(O)C1C2CC1CN(C(=O)OCc1ccccc1)C2. The minimum atomic E-state index is -0.733. The van der Waals surface area contributed by atoms with Gasteiger partial charge in [0.15, 0.2) is 0 Å². The highest BCUT2D eigenvalue weighted by Crippen LogP contribution is 2.45. The van der Waals surface area contributed by atoms with Crippen LogP contribution in [0, 0.1) is 17.8 Å². The van der Waals surface area contributed by atoms with Gasteiger partial charge in [-0.05, 0) is 23.8 Å². The van der Waals surface area contributed by atoms with Gasteiger partial charge in [-0.15, -0.1) is 0 Å². The van der Waals surface area contributed by atoms with Crippen molar-refractivity contribution in [2.45, 2.75) is 13.0 Å². The number of hydrogen-bond donors (Lipinski definition) is 1. The minimum absolute atomic E-state index is 0.0931. The highest BCUT2D eigenvalue weighted by molar-refractivity contribution is 5.74. The Balaban J connectivity index is 1.52. The van der Waals surface area contributed by atoms with Crippen LogP contribution in [0.15, 0.2) is 30.3 Å². The van der Waals surface area contributed by atoms with E-state index in [1.54, 1.807) is 4.90 Å². The second-order valence-corrected chi connectivity index (χ2v) is 5.57. The Morgan fingerprint density at radius 1 is 1.20 bits per heavy atom. The van der Waals surface area contributed by atoms with Crippen LogP contribution in [0.25, 0.3) is 0 Å². The summed E-state index contributed by atoms with van der Waals surface area (Å²) in [5, 5.41) is 9.08. The average molecular weight is 275 g/mol. The number of nitrogens with zero attached hydrogens (tertiary/aromatic N) is 1. The van der Waals surface area contributed by atoms with Crippen LogP contribution in [0.2, 0.25) is 0 Å². The van der Waals surface area contributed by atoms with Gasteiger partial charge in [-0.1, -0.05) is 30.3 Å². The third kappa shape index (κ3) is 2.35. The van der Waals surface area contributed by atoms with Crippen molar-refractivity contribution in [3.05, 3.63) is 35.9 Å². The molecular weight excluding hydrogens is 258 g/mol. The lowest BCUT2D eigenvalue weighted by Gasteiger charge is -2.51. The van der Waals surface area contributed by atoms with E-state index in [0.29, 0.717) is 13.1 Å². The van der Waals surface area contributed by atoms with E-state index in [1.807, 2.05) is 30.3 Å². The zero-order valence-corrected chi connectivity index (χ0v) is 11.1. The second-order valence-electron chi connectivity index (χ2n) is 5.57. The Morgan fingerprint density at radius 3 is 2.45 bits per heavy atom. The summed E-state index contributed by atoms with van der Waals surface area (Å²) in [7, 11) is 0. The summed E-state index contributed by atoms with van der Waals surface area (Å²) in [5.41, 5.74) is 0.950. The molecule has 4 rings (SSSR count). The number of carboxylic acids is 1. The van der Waals surface area contributed by atoms with Crippen LogP contribution in [-0.4, -0.2) is 35.2 Å². The smallest absolute Gasteiger partial charge is 0.410 e. The maximum Gasteiger partial charge on any atom is 0.410 e. The quantitative estimate of drug-likeness (QED) is 0.916. The first kappa shape index (κ1) is 13.0. The highest BCUT2D eigenvalue weighted by Gasteiger charge is 2.51. The fraction of sp³-hybridized carbons (Fsp3) is 0.467. The Labute approximate surface area is 117 Å². The maximum absolute atomic E-state index is 12.0. The summed E-state index contributed by atoms with van der Waals surface area (Å²) in [5.74, 6) is -0.817. The lowest BCUT2D eigenvalue weighted by atomic mass is 9.62. The van der Waals surface area contributed by atoms with Crippen LogP contribution >= 0.6 is 0 Å². The van der Waals surface area contributed by atoms with Crippen molar-refractivity contribution in [3.63, 3.8) is 0 Å². The van der Waals surface area contributed by atoms with Gasteiger partial charge in [0.05, 0.1) is 5.92 Å². The van der Waals surface area contributed by atoms with E-state index < -0.39 is 5.97 Å². The first-order chi connectivity index (χ1) is 9.65. The first-order valence-corrected chi connectivity index (χ1v) is 6.83. The van der Waals surface area contributed by atoms with E-state index in [0.717, 1.165) is 12.0 Å². The van der Waals surface area contributed by atoms with Crippen molar-refractivity contribution in [3.8, 4) is 0 Å². The Bertz CT molecular complexity index is 504. The monoisotopic (exact) mass is 275 g/mol. The number of benzene rings is 1. The molecule has 106 valence electrons. The normalized spacial score (nSPS) is 27.6. The predicted molar refractivity (Wildman–Crippen MR) is 70.9 cm³/mol. The largest absolute Gasteiger partial charge is 0.481 e. The first-order valence-electron chi connectivity index (χ1n) is 6.83. The van der Waals surface area contributed by atoms with E-state index in [9.17, 15) is 9.59 Å². The standard InChI is InChI=1S/C15H17NO4/c17-14(18)13-11-6-12(13)8-16(7-11)15(19)20-9-10-4-2-1-3-5-10/h1-5,11-13H,6-9H2,(H,17,18). The van der Waals surface area contributed by atoms with Gasteiger partial charge >= 0.3 is 12.1 Å². The molecule has 2 unspecified atom stereocenters. The molecule has 2 heterocycles. The number of rotatable bonds is 3. The predicted octanol–water partition coefficient (Wildman–Crippen LogP) is 1.98. The fourth-order valence-electron chi connectivity index (χ4n) is 3.25. The zero-order chi connectivity index (χ0) is 14.1. The lowest BCUT2D eigenvalue weighted by molar-refractivity contribution is -0.158. The fourth-order valence-corrected chi connectivity index (χ4v) is 3.25. The number of carboxylic acid groups (broad SMARTS) is 1. The highest BCUT2D eigenvalue weighted by atomic mass is 16.6. The van der Waals surface area contributed by atoms with Crippen LogP contribution in [0.3, 0.4) is 0 Å². The van der Waals surface area contributed by atoms with Crippen molar-refractivity contribution in [1.29, 1.82) is 0 Å². The minimum Gasteiger partial charge on any atom is -0.481 e. The van der Waals surface area contributed by atoms with Crippen molar-refractivity contribution in [2.75, 3.05) is 13.1 Å². The van der Waals surface area contributed by atoms with Crippen LogP contribution < -0.4 is 0 Å². The molecule has 1 N–H and O–H groups in total. The molecule has 3 aliphatic rings. The maximum atomic E-state index is 12.0. The molecule has 1 aliphatic carbocycles. The molecule has 0 aromatic heterocycles. The van der Waals surface area contributed by atoms with Gasteiger partial charge in [0.1, 0.15) is 6.61 Å². The van der Waals surface area contributed by atoms with E-state index >= 15 is 0 Å². The molecule has 1 aromatic carbocycles. The van der Waals surface area contributed by atoms with Gasteiger partial charge < -0.3 is 14.7 Å². The summed E-state index contributed by atoms with van der Waals surface area (Å²) in [4.78, 5) is 24.7. The average Bonchev–Trinajstić information content (AvgIpc) is 2.45. The summed E-state index contributed by atoms with van der Waals surface area (Å²) in [6.45, 7) is 1.26. The third-order valence-corrected chi connectivity index (χ3v) is 4.28. The number of piperidine rings is 2. The molecule has 1 aromatic rings. The molecule has 1 amide bonds. The van der Waals surface area contributed by atoms with Crippen molar-refractivity contribution >= 4 is 12.1 Å².